The number of aromatic nitrogens is 6. The van der Waals surface area contributed by atoms with Gasteiger partial charge < -0.3 is 16.2 Å². The molecule has 5 aromatic rings. The van der Waals surface area contributed by atoms with Crippen LogP contribution in [0.25, 0.3) is 17.2 Å². The largest absolute Gasteiger partial charge is 0.506 e. The molecule has 6 rings (SSSR count). The molecule has 1 atom stereocenters. The molecule has 0 bridgehead atoms. The molecule has 0 fully saturated rings. The zero-order valence-electron chi connectivity index (χ0n) is 19.3. The average molecular weight is 517 g/mol. The molecule has 37 heavy (non-hydrogen) atoms. The SMILES string of the molecule is C[C@@]1(c2ccc(Cl)c(O)c2)C(=O)Nc2nc(-c3cn4ncnc4c(Cc4ccc(F)cc4)n3)nc(N)c21. The third kappa shape index (κ3) is 3.62. The highest BCUT2D eigenvalue weighted by Crippen LogP contribution is 2.46. The Bertz CT molecular complexity index is 1720. The van der Waals surface area contributed by atoms with E-state index >= 15 is 0 Å². The van der Waals surface area contributed by atoms with Gasteiger partial charge in [0.2, 0.25) is 5.91 Å². The van der Waals surface area contributed by atoms with Gasteiger partial charge in [-0.2, -0.15) is 5.10 Å². The molecule has 184 valence electrons. The van der Waals surface area contributed by atoms with Gasteiger partial charge in [-0.3, -0.25) is 4.79 Å². The van der Waals surface area contributed by atoms with Crippen LogP contribution in [0, 0.1) is 5.82 Å². The molecule has 1 aliphatic heterocycles. The zero-order chi connectivity index (χ0) is 25.9. The molecular weight excluding hydrogens is 499 g/mol. The second-order valence-electron chi connectivity index (χ2n) is 8.81. The molecule has 10 nitrogen and oxygen atoms in total. The third-order valence-corrected chi connectivity index (χ3v) is 6.81. The molecule has 0 saturated heterocycles. The first kappa shape index (κ1) is 22.8. The van der Waals surface area contributed by atoms with Crippen LogP contribution in [0.15, 0.2) is 55.0 Å². The van der Waals surface area contributed by atoms with E-state index in [9.17, 15) is 14.3 Å². The predicted octanol–water partition coefficient (Wildman–Crippen LogP) is 3.51. The van der Waals surface area contributed by atoms with E-state index < -0.39 is 5.41 Å². The highest BCUT2D eigenvalue weighted by atomic mass is 35.5. The fourth-order valence-corrected chi connectivity index (χ4v) is 4.65. The normalized spacial score (nSPS) is 16.7. The van der Waals surface area contributed by atoms with Gasteiger partial charge in [0.05, 0.1) is 22.5 Å². The summed E-state index contributed by atoms with van der Waals surface area (Å²) in [4.78, 5) is 31.2. The molecule has 0 radical (unpaired) electrons. The van der Waals surface area contributed by atoms with Gasteiger partial charge in [-0.15, -0.1) is 0 Å². The highest BCUT2D eigenvalue weighted by molar-refractivity contribution is 6.32. The monoisotopic (exact) mass is 516 g/mol. The van der Waals surface area contributed by atoms with Crippen molar-refractivity contribution < 1.29 is 14.3 Å². The number of nitrogens with one attached hydrogen (secondary N) is 1. The molecule has 1 amide bonds. The first-order valence-electron chi connectivity index (χ1n) is 11.2. The van der Waals surface area contributed by atoms with E-state index in [0.717, 1.165) is 5.56 Å². The number of rotatable bonds is 4. The molecule has 4 heterocycles. The number of fused-ring (bicyclic) bond motifs is 2. The zero-order valence-corrected chi connectivity index (χ0v) is 20.0. The lowest BCUT2D eigenvalue weighted by Gasteiger charge is -2.23. The molecule has 0 aliphatic carbocycles. The van der Waals surface area contributed by atoms with E-state index in [1.165, 1.54) is 30.6 Å². The number of carbonyl (C=O) groups is 1. The van der Waals surface area contributed by atoms with E-state index in [0.29, 0.717) is 34.6 Å². The minimum Gasteiger partial charge on any atom is -0.506 e. The number of hydrogen-bond donors (Lipinski definition) is 3. The number of phenolic OH excluding ortho intramolecular Hbond substituents is 1. The number of halogens is 2. The molecule has 1 aliphatic rings. The number of hydrogen-bond acceptors (Lipinski definition) is 8. The molecular formula is C25H18ClFN8O2. The fourth-order valence-electron chi connectivity index (χ4n) is 4.53. The van der Waals surface area contributed by atoms with Gasteiger partial charge in [-0.05, 0) is 42.3 Å². The molecule has 4 N–H and O–H groups in total. The minimum absolute atomic E-state index is 0.0795. The number of amides is 1. The van der Waals surface area contributed by atoms with Crippen molar-refractivity contribution in [1.29, 1.82) is 0 Å². The van der Waals surface area contributed by atoms with E-state index in [1.54, 1.807) is 35.8 Å². The Morgan fingerprint density at radius 3 is 2.70 bits per heavy atom. The maximum Gasteiger partial charge on any atom is 0.240 e. The van der Waals surface area contributed by atoms with Crippen molar-refractivity contribution >= 4 is 34.8 Å². The summed E-state index contributed by atoms with van der Waals surface area (Å²) in [5.41, 5.74) is 8.31. The fraction of sp³-hybridized carbons (Fsp3) is 0.120. The third-order valence-electron chi connectivity index (χ3n) is 6.49. The molecule has 3 aromatic heterocycles. The summed E-state index contributed by atoms with van der Waals surface area (Å²) >= 11 is 5.96. The molecule has 12 heteroatoms. The van der Waals surface area contributed by atoms with Gasteiger partial charge in [0, 0.05) is 6.42 Å². The van der Waals surface area contributed by atoms with Crippen LogP contribution in [0.3, 0.4) is 0 Å². The van der Waals surface area contributed by atoms with Gasteiger partial charge >= 0.3 is 0 Å². The number of anilines is 2. The number of aromatic hydroxyl groups is 1. The van der Waals surface area contributed by atoms with Crippen molar-refractivity contribution in [2.24, 2.45) is 0 Å². The lowest BCUT2D eigenvalue weighted by molar-refractivity contribution is -0.119. The Morgan fingerprint density at radius 1 is 1.16 bits per heavy atom. The number of nitrogen functional groups attached to an aromatic ring is 1. The highest BCUT2D eigenvalue weighted by Gasteiger charge is 2.47. The van der Waals surface area contributed by atoms with Gasteiger partial charge in [0.1, 0.15) is 40.6 Å². The van der Waals surface area contributed by atoms with Crippen LogP contribution < -0.4 is 11.1 Å². The van der Waals surface area contributed by atoms with E-state index in [1.807, 2.05) is 0 Å². The first-order valence-corrected chi connectivity index (χ1v) is 11.5. The Labute approximate surface area is 214 Å². The lowest BCUT2D eigenvalue weighted by atomic mass is 9.77. The minimum atomic E-state index is -1.25. The summed E-state index contributed by atoms with van der Waals surface area (Å²) in [6.45, 7) is 1.68. The van der Waals surface area contributed by atoms with E-state index in [-0.39, 0.29) is 40.0 Å². The van der Waals surface area contributed by atoms with Gasteiger partial charge in [-0.1, -0.05) is 29.8 Å². The first-order chi connectivity index (χ1) is 17.7. The topological polar surface area (TPSA) is 144 Å². The summed E-state index contributed by atoms with van der Waals surface area (Å²) in [6.07, 6.45) is 3.39. The van der Waals surface area contributed by atoms with Crippen LogP contribution in [0.1, 0.15) is 29.3 Å². The van der Waals surface area contributed by atoms with Crippen LogP contribution in [0.5, 0.6) is 5.75 Å². The smallest absolute Gasteiger partial charge is 0.240 e. The Balaban J connectivity index is 1.45. The number of nitrogens with two attached hydrogens (primary N) is 1. The molecule has 0 unspecified atom stereocenters. The quantitative estimate of drug-likeness (QED) is 0.329. The van der Waals surface area contributed by atoms with Gasteiger partial charge in [0.15, 0.2) is 11.5 Å². The standard InChI is InChI=1S/C25H18ClFN8O2/c1-25(13-4-7-15(26)18(36)9-13)19-20(28)32-21(33-22(19)34-24(25)37)17-10-35-23(29-11-30-35)16(31-17)8-12-2-5-14(27)6-3-12/h2-7,9-11,36H,8H2,1H3,(H3,28,32,33,34,37)/t25-/m0/s1. The van der Waals surface area contributed by atoms with E-state index in [2.05, 4.69) is 25.4 Å². The molecule has 0 spiro atoms. The summed E-state index contributed by atoms with van der Waals surface area (Å²) in [7, 11) is 0. The maximum atomic E-state index is 13.4. The second kappa shape index (κ2) is 8.20. The van der Waals surface area contributed by atoms with Crippen molar-refractivity contribution in [2.75, 3.05) is 11.1 Å². The van der Waals surface area contributed by atoms with Crippen molar-refractivity contribution in [3.8, 4) is 17.3 Å². The average Bonchev–Trinajstić information content (AvgIpc) is 3.45. The predicted molar refractivity (Wildman–Crippen MR) is 134 cm³/mol. The summed E-state index contributed by atoms with van der Waals surface area (Å²) in [6, 6.07) is 10.7. The Hall–Kier alpha value is -4.64. The van der Waals surface area contributed by atoms with Crippen LogP contribution >= 0.6 is 11.6 Å². The molecule has 2 aromatic carbocycles. The van der Waals surface area contributed by atoms with Crippen LogP contribution in [-0.2, 0) is 16.6 Å². The summed E-state index contributed by atoms with van der Waals surface area (Å²) in [5.74, 6) is -0.364. The molecule has 0 saturated carbocycles. The van der Waals surface area contributed by atoms with Crippen LogP contribution in [0.2, 0.25) is 5.02 Å². The van der Waals surface area contributed by atoms with Crippen molar-refractivity contribution in [2.45, 2.75) is 18.8 Å². The van der Waals surface area contributed by atoms with Gasteiger partial charge in [0.25, 0.3) is 0 Å². The number of phenols is 1. The second-order valence-corrected chi connectivity index (χ2v) is 9.21. The van der Waals surface area contributed by atoms with E-state index in [4.69, 9.17) is 22.3 Å². The van der Waals surface area contributed by atoms with Gasteiger partial charge in [-0.25, -0.2) is 28.8 Å². The Morgan fingerprint density at radius 2 is 1.95 bits per heavy atom. The van der Waals surface area contributed by atoms with Crippen LogP contribution in [-0.4, -0.2) is 40.6 Å². The van der Waals surface area contributed by atoms with Crippen molar-refractivity contribution in [3.05, 3.63) is 88.2 Å². The van der Waals surface area contributed by atoms with Crippen LogP contribution in [0.4, 0.5) is 16.0 Å². The summed E-state index contributed by atoms with van der Waals surface area (Å²) < 4.78 is 14.9. The Kier molecular flexibility index (Phi) is 5.06. The van der Waals surface area contributed by atoms with Crippen molar-refractivity contribution in [1.82, 2.24) is 29.5 Å². The van der Waals surface area contributed by atoms with Crippen molar-refractivity contribution in [3.63, 3.8) is 0 Å². The maximum absolute atomic E-state index is 13.4. The number of nitrogens with zero attached hydrogens (tertiary/aromatic N) is 6. The summed E-state index contributed by atoms with van der Waals surface area (Å²) in [5, 5.41) is 17.3. The lowest BCUT2D eigenvalue weighted by Crippen LogP contribution is -2.32. The number of benzene rings is 2. The number of carbonyl (C=O) groups excluding carboxylic acids is 1.